The van der Waals surface area contributed by atoms with Gasteiger partial charge in [0.15, 0.2) is 0 Å². The number of ether oxygens (including phenoxy) is 2. The molecular weight excluding hydrogens is 492 g/mol. The molecule has 4 rings (SSSR count). The molecule has 0 unspecified atom stereocenters. The second-order valence-electron chi connectivity index (χ2n) is 7.46. The van der Waals surface area contributed by atoms with E-state index in [0.717, 1.165) is 30.9 Å². The molecule has 182 valence electrons. The molecule has 0 bridgehead atoms. The summed E-state index contributed by atoms with van der Waals surface area (Å²) in [7, 11) is 0. The zero-order chi connectivity index (χ0) is 25.3. The Hall–Kier alpha value is -3.88. The van der Waals surface area contributed by atoms with Crippen LogP contribution in [0.1, 0.15) is 44.3 Å². The molecule has 0 aliphatic carbocycles. The highest BCUT2D eigenvalue weighted by Crippen LogP contribution is 2.33. The number of hydrogen-bond acceptors (Lipinski definition) is 8. The van der Waals surface area contributed by atoms with E-state index in [2.05, 4.69) is 22.1 Å². The third kappa shape index (κ3) is 6.62. The summed E-state index contributed by atoms with van der Waals surface area (Å²) >= 11 is 3.31. The predicted molar refractivity (Wildman–Crippen MR) is 147 cm³/mol. The summed E-state index contributed by atoms with van der Waals surface area (Å²) in [6, 6.07) is 22.3. The summed E-state index contributed by atoms with van der Waals surface area (Å²) in [4.78, 5) is 36.9. The van der Waals surface area contributed by atoms with Crippen molar-refractivity contribution < 1.29 is 19.1 Å². The van der Waals surface area contributed by atoms with Crippen molar-refractivity contribution in [1.29, 1.82) is 0 Å². The Morgan fingerprint density at radius 1 is 0.639 bits per heavy atom. The van der Waals surface area contributed by atoms with E-state index in [9.17, 15) is 9.59 Å². The van der Waals surface area contributed by atoms with Gasteiger partial charge < -0.3 is 9.47 Å². The summed E-state index contributed by atoms with van der Waals surface area (Å²) in [5.74, 6) is -0.661. The third-order valence-electron chi connectivity index (χ3n) is 4.94. The lowest BCUT2D eigenvalue weighted by Gasteiger charge is -2.01. The SMILES string of the molecule is CCOC(=O)c1ccc(N=Cc2ccc(-c3ccc(C=Nc4ccc(C(=O)OCC)cc4)s3)s2)cc1. The Labute approximate surface area is 217 Å². The van der Waals surface area contributed by atoms with Crippen molar-refractivity contribution in [1.82, 2.24) is 0 Å². The molecule has 0 saturated carbocycles. The molecule has 0 atom stereocenters. The van der Waals surface area contributed by atoms with Crippen LogP contribution < -0.4 is 0 Å². The largest absolute Gasteiger partial charge is 0.462 e. The van der Waals surface area contributed by atoms with Gasteiger partial charge in [0.05, 0.1) is 35.7 Å². The molecule has 0 radical (unpaired) electrons. The summed E-state index contributed by atoms with van der Waals surface area (Å²) in [6.45, 7) is 4.27. The molecule has 4 aromatic rings. The maximum Gasteiger partial charge on any atom is 0.338 e. The highest BCUT2D eigenvalue weighted by molar-refractivity contribution is 7.23. The number of thiophene rings is 2. The molecule has 0 saturated heterocycles. The normalized spacial score (nSPS) is 11.3. The number of benzene rings is 2. The van der Waals surface area contributed by atoms with Crippen molar-refractivity contribution in [2.75, 3.05) is 13.2 Å². The molecule has 0 fully saturated rings. The lowest BCUT2D eigenvalue weighted by atomic mass is 10.2. The molecule has 0 aliphatic rings. The van der Waals surface area contributed by atoms with Crippen molar-refractivity contribution in [3.8, 4) is 9.75 Å². The second-order valence-corrected chi connectivity index (χ2v) is 9.69. The third-order valence-corrected chi connectivity index (χ3v) is 7.17. The first kappa shape index (κ1) is 25.2. The van der Waals surface area contributed by atoms with E-state index in [0.29, 0.717) is 24.3 Å². The fraction of sp³-hybridized carbons (Fsp3) is 0.143. The number of rotatable bonds is 9. The van der Waals surface area contributed by atoms with Gasteiger partial charge in [-0.2, -0.15) is 0 Å². The van der Waals surface area contributed by atoms with Gasteiger partial charge in [-0.1, -0.05) is 0 Å². The van der Waals surface area contributed by atoms with Gasteiger partial charge in [0.25, 0.3) is 0 Å². The predicted octanol–water partition coefficient (Wildman–Crippen LogP) is 7.33. The van der Waals surface area contributed by atoms with Crippen LogP contribution in [0.2, 0.25) is 0 Å². The summed E-state index contributed by atoms with van der Waals surface area (Å²) in [5.41, 5.74) is 2.56. The maximum absolute atomic E-state index is 11.8. The van der Waals surface area contributed by atoms with E-state index in [1.165, 1.54) is 0 Å². The van der Waals surface area contributed by atoms with Gasteiger partial charge in [-0.25, -0.2) is 9.59 Å². The lowest BCUT2D eigenvalue weighted by molar-refractivity contribution is 0.0517. The fourth-order valence-electron chi connectivity index (χ4n) is 3.18. The van der Waals surface area contributed by atoms with E-state index in [-0.39, 0.29) is 11.9 Å². The first-order valence-electron chi connectivity index (χ1n) is 11.4. The molecular formula is C28H24N2O4S2. The quantitative estimate of drug-likeness (QED) is 0.172. The highest BCUT2D eigenvalue weighted by Gasteiger charge is 2.07. The zero-order valence-electron chi connectivity index (χ0n) is 19.8. The van der Waals surface area contributed by atoms with Crippen molar-refractivity contribution >= 4 is 58.4 Å². The van der Waals surface area contributed by atoms with Crippen molar-refractivity contribution in [2.24, 2.45) is 9.98 Å². The summed E-state index contributed by atoms with van der Waals surface area (Å²) in [5, 5.41) is 0. The monoisotopic (exact) mass is 516 g/mol. The van der Waals surface area contributed by atoms with E-state index in [1.807, 2.05) is 24.6 Å². The molecule has 0 N–H and O–H groups in total. The minimum absolute atomic E-state index is 0.330. The van der Waals surface area contributed by atoms with Gasteiger partial charge in [-0.05, 0) is 86.6 Å². The van der Waals surface area contributed by atoms with E-state index in [4.69, 9.17) is 9.47 Å². The van der Waals surface area contributed by atoms with Crippen LogP contribution in [-0.2, 0) is 9.47 Å². The average Bonchev–Trinajstić information content (AvgIpc) is 3.57. The van der Waals surface area contributed by atoms with Crippen molar-refractivity contribution in [3.63, 3.8) is 0 Å². The molecule has 0 aliphatic heterocycles. The van der Waals surface area contributed by atoms with Crippen molar-refractivity contribution in [2.45, 2.75) is 13.8 Å². The van der Waals surface area contributed by atoms with Crippen LogP contribution >= 0.6 is 22.7 Å². The van der Waals surface area contributed by atoms with Gasteiger partial charge in [0.2, 0.25) is 0 Å². The van der Waals surface area contributed by atoms with Gasteiger partial charge in [-0.15, -0.1) is 22.7 Å². The van der Waals surface area contributed by atoms with Crippen LogP contribution in [0.5, 0.6) is 0 Å². The Bertz CT molecular complexity index is 1280. The van der Waals surface area contributed by atoms with Crippen LogP contribution in [0.3, 0.4) is 0 Å². The number of nitrogens with zero attached hydrogens (tertiary/aromatic N) is 2. The van der Waals surface area contributed by atoms with Gasteiger partial charge in [0, 0.05) is 31.9 Å². The van der Waals surface area contributed by atoms with Crippen molar-refractivity contribution in [3.05, 3.63) is 93.7 Å². The van der Waals surface area contributed by atoms with Crippen LogP contribution in [0, 0.1) is 0 Å². The lowest BCUT2D eigenvalue weighted by Crippen LogP contribution is -2.03. The molecule has 2 heterocycles. The molecule has 36 heavy (non-hydrogen) atoms. The summed E-state index contributed by atoms with van der Waals surface area (Å²) < 4.78 is 10.0. The molecule has 2 aromatic carbocycles. The standard InChI is InChI=1S/C28H24N2O4S2/c1-3-33-27(31)19-5-9-21(10-6-19)29-17-23-13-15-25(35-23)26-16-14-24(36-26)18-30-22-11-7-20(8-12-22)28(32)34-4-2/h5-18H,3-4H2,1-2H3. The average molecular weight is 517 g/mol. The zero-order valence-corrected chi connectivity index (χ0v) is 21.5. The Morgan fingerprint density at radius 2 is 1.03 bits per heavy atom. The van der Waals surface area contributed by atoms with E-state index in [1.54, 1.807) is 85.1 Å². The minimum atomic E-state index is -0.330. The Kier molecular flexibility index (Phi) is 8.54. The van der Waals surface area contributed by atoms with Crippen LogP contribution in [0.25, 0.3) is 9.75 Å². The van der Waals surface area contributed by atoms with E-state index >= 15 is 0 Å². The van der Waals surface area contributed by atoms with Crippen LogP contribution in [0.15, 0.2) is 82.8 Å². The van der Waals surface area contributed by atoms with Gasteiger partial charge >= 0.3 is 11.9 Å². The molecule has 2 aromatic heterocycles. The number of esters is 2. The number of carbonyl (C=O) groups excluding carboxylic acids is 2. The first-order valence-corrected chi connectivity index (χ1v) is 13.0. The summed E-state index contributed by atoms with van der Waals surface area (Å²) in [6.07, 6.45) is 3.65. The van der Waals surface area contributed by atoms with Gasteiger partial charge in [0.1, 0.15) is 0 Å². The smallest absolute Gasteiger partial charge is 0.338 e. The molecule has 0 amide bonds. The molecule has 6 nitrogen and oxygen atoms in total. The maximum atomic E-state index is 11.8. The topological polar surface area (TPSA) is 77.3 Å². The molecule has 8 heteroatoms. The Morgan fingerprint density at radius 3 is 1.39 bits per heavy atom. The number of aliphatic imine (C=N–C) groups is 2. The second kappa shape index (κ2) is 12.2. The fourth-order valence-corrected chi connectivity index (χ4v) is 5.03. The number of carbonyl (C=O) groups is 2. The van der Waals surface area contributed by atoms with E-state index < -0.39 is 0 Å². The Balaban J connectivity index is 1.37. The van der Waals surface area contributed by atoms with Crippen LogP contribution in [-0.4, -0.2) is 37.6 Å². The molecule has 0 spiro atoms. The van der Waals surface area contributed by atoms with Gasteiger partial charge in [-0.3, -0.25) is 9.98 Å². The van der Waals surface area contributed by atoms with Crippen LogP contribution in [0.4, 0.5) is 11.4 Å². The number of hydrogen-bond donors (Lipinski definition) is 0. The highest BCUT2D eigenvalue weighted by atomic mass is 32.1. The minimum Gasteiger partial charge on any atom is -0.462 e. The first-order chi connectivity index (χ1) is 17.6.